The van der Waals surface area contributed by atoms with E-state index < -0.39 is 5.97 Å². The summed E-state index contributed by atoms with van der Waals surface area (Å²) in [4.78, 5) is 28.6. The second-order valence-electron chi connectivity index (χ2n) is 7.54. The summed E-state index contributed by atoms with van der Waals surface area (Å²) >= 11 is 6.06. The fraction of sp³-hybridized carbons (Fsp3) is 0.417. The average molecular weight is 477 g/mol. The molecule has 0 aliphatic carbocycles. The summed E-state index contributed by atoms with van der Waals surface area (Å²) in [7, 11) is 4.61. The van der Waals surface area contributed by atoms with Crippen molar-refractivity contribution in [2.24, 2.45) is 0 Å². The molecule has 0 unspecified atom stereocenters. The van der Waals surface area contributed by atoms with Crippen LogP contribution in [0, 0.1) is 0 Å². The van der Waals surface area contributed by atoms with Gasteiger partial charge in [-0.2, -0.15) is 0 Å². The topological polar surface area (TPSA) is 77.5 Å². The number of carbonyl (C=O) groups excluding carboxylic acids is 2. The second-order valence-corrected chi connectivity index (χ2v) is 7.98. The molecule has 0 atom stereocenters. The number of methoxy groups -OCH3 is 3. The summed E-state index contributed by atoms with van der Waals surface area (Å²) in [5, 5.41) is 0.685. The SMILES string of the molecule is COc1cc(CCC(=O)OCC(=O)N2CCN(c3cccc(Cl)c3)CC2)cc(OC)c1OC. The Morgan fingerprint density at radius 3 is 2.18 bits per heavy atom. The van der Waals surface area contributed by atoms with Crippen molar-refractivity contribution in [1.29, 1.82) is 0 Å². The van der Waals surface area contributed by atoms with Crippen molar-refractivity contribution in [3.8, 4) is 17.2 Å². The fourth-order valence-electron chi connectivity index (χ4n) is 3.72. The van der Waals surface area contributed by atoms with Crippen molar-refractivity contribution >= 4 is 29.2 Å². The van der Waals surface area contributed by atoms with Gasteiger partial charge >= 0.3 is 5.97 Å². The van der Waals surface area contributed by atoms with Gasteiger partial charge in [-0.1, -0.05) is 17.7 Å². The van der Waals surface area contributed by atoms with Crippen LogP contribution in [0.2, 0.25) is 5.02 Å². The molecule has 0 spiro atoms. The van der Waals surface area contributed by atoms with Gasteiger partial charge in [0.2, 0.25) is 5.75 Å². The number of esters is 1. The van der Waals surface area contributed by atoms with Gasteiger partial charge in [-0.25, -0.2) is 0 Å². The Labute approximate surface area is 198 Å². The Morgan fingerprint density at radius 2 is 1.61 bits per heavy atom. The van der Waals surface area contributed by atoms with Crippen LogP contribution in [0.3, 0.4) is 0 Å². The minimum atomic E-state index is -0.435. The number of halogens is 1. The number of anilines is 1. The quantitative estimate of drug-likeness (QED) is 0.514. The van der Waals surface area contributed by atoms with Gasteiger partial charge in [0, 0.05) is 43.3 Å². The first-order valence-corrected chi connectivity index (χ1v) is 11.1. The number of carbonyl (C=O) groups is 2. The monoisotopic (exact) mass is 476 g/mol. The molecule has 8 nitrogen and oxygen atoms in total. The van der Waals surface area contributed by atoms with E-state index in [9.17, 15) is 9.59 Å². The van der Waals surface area contributed by atoms with E-state index in [1.165, 1.54) is 21.3 Å². The molecule has 3 rings (SSSR count). The van der Waals surface area contributed by atoms with Crippen molar-refractivity contribution < 1.29 is 28.5 Å². The maximum atomic E-state index is 12.5. The van der Waals surface area contributed by atoms with Crippen molar-refractivity contribution in [1.82, 2.24) is 4.90 Å². The lowest BCUT2D eigenvalue weighted by molar-refractivity contribution is -0.152. The molecule has 33 heavy (non-hydrogen) atoms. The molecule has 1 amide bonds. The first kappa shape index (κ1) is 24.5. The molecular formula is C24H29ClN2O6. The lowest BCUT2D eigenvalue weighted by atomic mass is 10.1. The third kappa shape index (κ3) is 6.44. The zero-order valence-electron chi connectivity index (χ0n) is 19.1. The van der Waals surface area contributed by atoms with E-state index in [2.05, 4.69) is 4.90 Å². The number of rotatable bonds is 9. The molecule has 178 valence electrons. The molecule has 2 aromatic rings. The molecule has 1 aliphatic heterocycles. The van der Waals surface area contributed by atoms with Crippen LogP contribution in [0.25, 0.3) is 0 Å². The van der Waals surface area contributed by atoms with Gasteiger partial charge in [-0.15, -0.1) is 0 Å². The Balaban J connectivity index is 1.44. The normalized spacial score (nSPS) is 13.5. The Bertz CT molecular complexity index is 950. The third-order valence-electron chi connectivity index (χ3n) is 5.50. The number of aryl methyl sites for hydroxylation is 1. The molecule has 2 aromatic carbocycles. The van der Waals surface area contributed by atoms with Crippen molar-refractivity contribution in [2.75, 3.05) is 59.0 Å². The smallest absolute Gasteiger partial charge is 0.306 e. The molecule has 0 aromatic heterocycles. The molecule has 0 radical (unpaired) electrons. The van der Waals surface area contributed by atoms with Crippen molar-refractivity contribution in [2.45, 2.75) is 12.8 Å². The standard InChI is InChI=1S/C24H29ClN2O6/c1-30-20-13-17(14-21(31-2)24(20)32-3)7-8-23(29)33-16-22(28)27-11-9-26(10-12-27)19-6-4-5-18(25)15-19/h4-6,13-15H,7-12,16H2,1-3H3. The molecule has 0 N–H and O–H groups in total. The number of hydrogen-bond donors (Lipinski definition) is 0. The molecule has 0 bridgehead atoms. The number of piperazine rings is 1. The van der Waals surface area contributed by atoms with Gasteiger partial charge < -0.3 is 28.7 Å². The van der Waals surface area contributed by atoms with E-state index in [-0.39, 0.29) is 18.9 Å². The third-order valence-corrected chi connectivity index (χ3v) is 5.74. The highest BCUT2D eigenvalue weighted by atomic mass is 35.5. The van der Waals surface area contributed by atoms with Gasteiger partial charge in [0.05, 0.1) is 21.3 Å². The predicted octanol–water partition coefficient (Wildman–Crippen LogP) is 3.19. The van der Waals surface area contributed by atoms with E-state index in [0.29, 0.717) is 54.9 Å². The summed E-state index contributed by atoms with van der Waals surface area (Å²) in [5.74, 6) is 0.906. The van der Waals surface area contributed by atoms with Crippen LogP contribution in [0.1, 0.15) is 12.0 Å². The van der Waals surface area contributed by atoms with Gasteiger partial charge in [-0.3, -0.25) is 9.59 Å². The second kappa shape index (κ2) is 11.7. The summed E-state index contributed by atoms with van der Waals surface area (Å²) in [5.41, 5.74) is 1.87. The first-order valence-electron chi connectivity index (χ1n) is 10.7. The highest BCUT2D eigenvalue weighted by molar-refractivity contribution is 6.30. The number of amides is 1. The maximum absolute atomic E-state index is 12.5. The van der Waals surface area contributed by atoms with E-state index in [1.807, 2.05) is 24.3 Å². The molecule has 0 saturated carbocycles. The van der Waals surface area contributed by atoms with Crippen molar-refractivity contribution in [3.05, 3.63) is 47.0 Å². The fourth-order valence-corrected chi connectivity index (χ4v) is 3.90. The summed E-state index contributed by atoms with van der Waals surface area (Å²) in [6.07, 6.45) is 0.552. The van der Waals surface area contributed by atoms with Crippen LogP contribution >= 0.6 is 11.6 Å². The van der Waals surface area contributed by atoms with E-state index in [0.717, 1.165) is 11.3 Å². The van der Waals surface area contributed by atoms with E-state index in [4.69, 9.17) is 30.5 Å². The maximum Gasteiger partial charge on any atom is 0.306 e. The number of benzene rings is 2. The molecular weight excluding hydrogens is 448 g/mol. The zero-order chi connectivity index (χ0) is 23.8. The molecule has 1 fully saturated rings. The number of ether oxygens (including phenoxy) is 4. The van der Waals surface area contributed by atoms with Crippen LogP contribution in [-0.4, -0.2) is 70.9 Å². The Morgan fingerprint density at radius 1 is 0.939 bits per heavy atom. The van der Waals surface area contributed by atoms with Gasteiger partial charge in [0.15, 0.2) is 18.1 Å². The van der Waals surface area contributed by atoms with Gasteiger partial charge in [0.25, 0.3) is 5.91 Å². The number of nitrogens with zero attached hydrogens (tertiary/aromatic N) is 2. The first-order chi connectivity index (χ1) is 15.9. The van der Waals surface area contributed by atoms with E-state index >= 15 is 0 Å². The summed E-state index contributed by atoms with van der Waals surface area (Å²) < 4.78 is 21.2. The van der Waals surface area contributed by atoms with Crippen LogP contribution in [0.15, 0.2) is 36.4 Å². The lowest BCUT2D eigenvalue weighted by Gasteiger charge is -2.36. The van der Waals surface area contributed by atoms with Crippen LogP contribution in [0.4, 0.5) is 5.69 Å². The predicted molar refractivity (Wildman–Crippen MR) is 126 cm³/mol. The molecule has 1 saturated heterocycles. The highest BCUT2D eigenvalue weighted by Crippen LogP contribution is 2.38. The molecule has 9 heteroatoms. The molecule has 1 heterocycles. The lowest BCUT2D eigenvalue weighted by Crippen LogP contribution is -2.49. The minimum absolute atomic E-state index is 0.133. The summed E-state index contributed by atoms with van der Waals surface area (Å²) in [6, 6.07) is 11.2. The van der Waals surface area contributed by atoms with Crippen LogP contribution < -0.4 is 19.1 Å². The Kier molecular flexibility index (Phi) is 8.65. The minimum Gasteiger partial charge on any atom is -0.493 e. The van der Waals surface area contributed by atoms with Gasteiger partial charge in [0.1, 0.15) is 0 Å². The van der Waals surface area contributed by atoms with Crippen LogP contribution in [-0.2, 0) is 20.7 Å². The average Bonchev–Trinajstić information content (AvgIpc) is 2.85. The van der Waals surface area contributed by atoms with Gasteiger partial charge in [-0.05, 0) is 42.3 Å². The molecule has 1 aliphatic rings. The Hall–Kier alpha value is -3.13. The van der Waals surface area contributed by atoms with E-state index in [1.54, 1.807) is 17.0 Å². The highest BCUT2D eigenvalue weighted by Gasteiger charge is 2.22. The largest absolute Gasteiger partial charge is 0.493 e. The van der Waals surface area contributed by atoms with Crippen molar-refractivity contribution in [3.63, 3.8) is 0 Å². The van der Waals surface area contributed by atoms with Crippen LogP contribution in [0.5, 0.6) is 17.2 Å². The zero-order valence-corrected chi connectivity index (χ0v) is 19.9. The number of hydrogen-bond acceptors (Lipinski definition) is 7. The summed E-state index contributed by atoms with van der Waals surface area (Å²) in [6.45, 7) is 2.26.